The Morgan fingerprint density at radius 2 is 1.81 bits per heavy atom. The Morgan fingerprint density at radius 1 is 1.07 bits per heavy atom. The van der Waals surface area contributed by atoms with Crippen molar-refractivity contribution in [3.05, 3.63) is 30.3 Å². The van der Waals surface area contributed by atoms with Crippen molar-refractivity contribution < 1.29 is 9.47 Å². The molecule has 1 aromatic rings. The Kier molecular flexibility index (Phi) is 16.4. The Balaban J connectivity index is 0.00000676. The van der Waals surface area contributed by atoms with Crippen LogP contribution >= 0.6 is 24.0 Å². The number of halogens is 1. The lowest BCUT2D eigenvalue weighted by atomic mass is 10.0. The Morgan fingerprint density at radius 3 is 2.44 bits per heavy atom. The summed E-state index contributed by atoms with van der Waals surface area (Å²) in [6, 6.07) is 10.6. The number of aliphatic imine (C=N–C) groups is 1. The zero-order valence-electron chi connectivity index (χ0n) is 17.2. The van der Waals surface area contributed by atoms with Crippen molar-refractivity contribution in [2.45, 2.75) is 33.2 Å². The number of guanidine groups is 1. The molecule has 0 heterocycles. The minimum absolute atomic E-state index is 0. The van der Waals surface area contributed by atoms with Crippen molar-refractivity contribution >= 4 is 35.6 Å². The van der Waals surface area contributed by atoms with Crippen LogP contribution in [0.15, 0.2) is 35.3 Å². The standard InChI is InChI=1S/C20H36N4O2.HI/c1-5-21-20(22-12-9-13-26-15-14-25-4)23-16-19(17(2)3)24-18-10-7-6-8-11-18;/h6-8,10-11,17,19,24H,5,9,12-16H2,1-4H3,(H2,21,22,23);1H. The predicted octanol–water partition coefficient (Wildman–Crippen LogP) is 3.35. The normalized spacial score (nSPS) is 12.4. The van der Waals surface area contributed by atoms with Gasteiger partial charge in [-0.1, -0.05) is 32.0 Å². The molecule has 1 unspecified atom stereocenters. The van der Waals surface area contributed by atoms with Gasteiger partial charge < -0.3 is 25.4 Å². The van der Waals surface area contributed by atoms with E-state index in [1.807, 2.05) is 18.2 Å². The summed E-state index contributed by atoms with van der Waals surface area (Å²) in [6.45, 7) is 10.9. The van der Waals surface area contributed by atoms with Gasteiger partial charge in [-0.15, -0.1) is 24.0 Å². The second-order valence-corrected chi connectivity index (χ2v) is 6.47. The molecule has 0 amide bonds. The van der Waals surface area contributed by atoms with E-state index in [4.69, 9.17) is 14.5 Å². The number of para-hydroxylation sites is 1. The number of ether oxygens (including phenoxy) is 2. The number of hydrogen-bond donors (Lipinski definition) is 3. The molecule has 1 rings (SSSR count). The number of anilines is 1. The van der Waals surface area contributed by atoms with E-state index >= 15 is 0 Å². The molecule has 0 spiro atoms. The summed E-state index contributed by atoms with van der Waals surface area (Å²) in [7, 11) is 1.68. The highest BCUT2D eigenvalue weighted by Crippen LogP contribution is 2.12. The van der Waals surface area contributed by atoms with Crippen molar-refractivity contribution in [3.63, 3.8) is 0 Å². The third-order valence-corrected chi connectivity index (χ3v) is 3.91. The summed E-state index contributed by atoms with van der Waals surface area (Å²) in [5.74, 6) is 1.33. The van der Waals surface area contributed by atoms with Gasteiger partial charge in [0.25, 0.3) is 0 Å². The highest BCUT2D eigenvalue weighted by Gasteiger charge is 2.13. The molecule has 6 nitrogen and oxygen atoms in total. The first-order valence-corrected chi connectivity index (χ1v) is 9.57. The highest BCUT2D eigenvalue weighted by molar-refractivity contribution is 14.0. The van der Waals surface area contributed by atoms with Crippen molar-refractivity contribution in [3.8, 4) is 0 Å². The molecule has 0 aliphatic carbocycles. The van der Waals surface area contributed by atoms with E-state index in [1.165, 1.54) is 0 Å². The van der Waals surface area contributed by atoms with Crippen molar-refractivity contribution in [1.82, 2.24) is 10.6 Å². The highest BCUT2D eigenvalue weighted by atomic mass is 127. The van der Waals surface area contributed by atoms with Crippen LogP contribution in [0.1, 0.15) is 27.2 Å². The largest absolute Gasteiger partial charge is 0.382 e. The van der Waals surface area contributed by atoms with E-state index in [0.29, 0.717) is 25.7 Å². The monoisotopic (exact) mass is 492 g/mol. The Labute approximate surface area is 181 Å². The van der Waals surface area contributed by atoms with Gasteiger partial charge in [0.15, 0.2) is 5.96 Å². The summed E-state index contributed by atoms with van der Waals surface area (Å²) >= 11 is 0. The zero-order valence-corrected chi connectivity index (χ0v) is 19.5. The minimum Gasteiger partial charge on any atom is -0.382 e. The van der Waals surface area contributed by atoms with Crippen LogP contribution in [0, 0.1) is 5.92 Å². The Hall–Kier alpha value is -1.06. The number of benzene rings is 1. The Bertz CT molecular complexity index is 486. The first-order valence-electron chi connectivity index (χ1n) is 9.57. The molecular formula is C20H37IN4O2. The maximum absolute atomic E-state index is 5.48. The van der Waals surface area contributed by atoms with Gasteiger partial charge in [-0.05, 0) is 31.4 Å². The molecule has 0 saturated carbocycles. The summed E-state index contributed by atoms with van der Waals surface area (Å²) in [5.41, 5.74) is 1.13. The van der Waals surface area contributed by atoms with E-state index in [2.05, 4.69) is 48.9 Å². The molecule has 1 atom stereocenters. The second kappa shape index (κ2) is 17.1. The molecule has 0 fully saturated rings. The molecule has 0 aliphatic rings. The van der Waals surface area contributed by atoms with E-state index in [-0.39, 0.29) is 30.0 Å². The third-order valence-electron chi connectivity index (χ3n) is 3.91. The lowest BCUT2D eigenvalue weighted by Gasteiger charge is -2.22. The number of nitrogens with one attached hydrogen (secondary N) is 3. The maximum Gasteiger partial charge on any atom is 0.191 e. The predicted molar refractivity (Wildman–Crippen MR) is 125 cm³/mol. The first kappa shape index (κ1) is 25.9. The molecule has 0 saturated heterocycles. The fraction of sp³-hybridized carbons (Fsp3) is 0.650. The lowest BCUT2D eigenvalue weighted by molar-refractivity contribution is 0.0698. The van der Waals surface area contributed by atoms with Crippen molar-refractivity contribution in [1.29, 1.82) is 0 Å². The van der Waals surface area contributed by atoms with E-state index < -0.39 is 0 Å². The van der Waals surface area contributed by atoms with E-state index in [9.17, 15) is 0 Å². The van der Waals surface area contributed by atoms with Crippen LogP contribution in [0.4, 0.5) is 5.69 Å². The fourth-order valence-corrected chi connectivity index (χ4v) is 2.33. The summed E-state index contributed by atoms with van der Waals surface area (Å²) in [6.07, 6.45) is 0.935. The van der Waals surface area contributed by atoms with Gasteiger partial charge in [-0.2, -0.15) is 0 Å². The van der Waals surface area contributed by atoms with Crippen LogP contribution in [0.5, 0.6) is 0 Å². The van der Waals surface area contributed by atoms with Gasteiger partial charge >= 0.3 is 0 Å². The summed E-state index contributed by atoms with van der Waals surface area (Å²) in [5, 5.41) is 10.2. The first-order chi connectivity index (χ1) is 12.7. The number of rotatable bonds is 13. The molecule has 7 heteroatoms. The maximum atomic E-state index is 5.48. The van der Waals surface area contributed by atoms with Crippen LogP contribution in [0.3, 0.4) is 0 Å². The molecule has 27 heavy (non-hydrogen) atoms. The van der Waals surface area contributed by atoms with Crippen molar-refractivity contribution in [2.24, 2.45) is 10.9 Å². The zero-order chi connectivity index (χ0) is 19.0. The van der Waals surface area contributed by atoms with Crippen LogP contribution in [-0.2, 0) is 9.47 Å². The van der Waals surface area contributed by atoms with Gasteiger partial charge in [-0.25, -0.2) is 0 Å². The molecule has 0 aliphatic heterocycles. The average Bonchev–Trinajstić information content (AvgIpc) is 2.64. The molecule has 3 N–H and O–H groups in total. The number of hydrogen-bond acceptors (Lipinski definition) is 4. The van der Waals surface area contributed by atoms with Crippen molar-refractivity contribution in [2.75, 3.05) is 51.9 Å². The molecular weight excluding hydrogens is 455 g/mol. The van der Waals surface area contributed by atoms with Crippen LogP contribution in [0.25, 0.3) is 0 Å². The smallest absolute Gasteiger partial charge is 0.191 e. The van der Waals surface area contributed by atoms with Gasteiger partial charge in [0.2, 0.25) is 0 Å². The molecule has 0 bridgehead atoms. The summed E-state index contributed by atoms with van der Waals surface area (Å²) in [4.78, 5) is 4.75. The SMILES string of the molecule is CCNC(=NCC(Nc1ccccc1)C(C)C)NCCCOCCOC.I. The quantitative estimate of drug-likeness (QED) is 0.171. The molecule has 0 radical (unpaired) electrons. The van der Waals surface area contributed by atoms with E-state index in [0.717, 1.165) is 37.8 Å². The molecule has 1 aromatic carbocycles. The van der Waals surface area contributed by atoms with Gasteiger partial charge in [0.1, 0.15) is 0 Å². The van der Waals surface area contributed by atoms with Gasteiger partial charge in [0, 0.05) is 38.5 Å². The van der Waals surface area contributed by atoms with Gasteiger partial charge in [0.05, 0.1) is 19.8 Å². The number of methoxy groups -OCH3 is 1. The second-order valence-electron chi connectivity index (χ2n) is 6.47. The topological polar surface area (TPSA) is 66.9 Å². The lowest BCUT2D eigenvalue weighted by Crippen LogP contribution is -2.39. The minimum atomic E-state index is 0. The van der Waals surface area contributed by atoms with E-state index in [1.54, 1.807) is 7.11 Å². The summed E-state index contributed by atoms with van der Waals surface area (Å²) < 4.78 is 10.4. The molecule has 0 aromatic heterocycles. The molecule has 156 valence electrons. The van der Waals surface area contributed by atoms with Crippen LogP contribution in [0.2, 0.25) is 0 Å². The number of nitrogens with zero attached hydrogens (tertiary/aromatic N) is 1. The average molecular weight is 492 g/mol. The van der Waals surface area contributed by atoms with Crippen LogP contribution < -0.4 is 16.0 Å². The van der Waals surface area contributed by atoms with Crippen LogP contribution in [-0.4, -0.2) is 58.6 Å². The fourth-order valence-electron chi connectivity index (χ4n) is 2.33. The van der Waals surface area contributed by atoms with Gasteiger partial charge in [-0.3, -0.25) is 4.99 Å². The third kappa shape index (κ3) is 12.9.